The lowest BCUT2D eigenvalue weighted by atomic mass is 10.2. The van der Waals surface area contributed by atoms with Gasteiger partial charge in [0.1, 0.15) is 6.54 Å². The van der Waals surface area contributed by atoms with Crippen LogP contribution in [-0.2, 0) is 24.6 Å². The van der Waals surface area contributed by atoms with E-state index in [9.17, 15) is 27.6 Å². The predicted octanol–water partition coefficient (Wildman–Crippen LogP) is -0.120. The van der Waals surface area contributed by atoms with Crippen molar-refractivity contribution in [3.63, 3.8) is 0 Å². The van der Waals surface area contributed by atoms with Crippen molar-refractivity contribution in [1.29, 1.82) is 0 Å². The Morgan fingerprint density at radius 1 is 1.19 bits per heavy atom. The van der Waals surface area contributed by atoms with Crippen molar-refractivity contribution in [2.45, 2.75) is 12.7 Å². The summed E-state index contributed by atoms with van der Waals surface area (Å²) in [4.78, 5) is 34.6. The van der Waals surface area contributed by atoms with E-state index in [4.69, 9.17) is 5.11 Å². The number of carbonyl (C=O) groups excluding carboxylic acids is 2. The Morgan fingerprint density at radius 2 is 1.85 bits per heavy atom. The Kier molecular flexibility index (Phi) is 5.82. The van der Waals surface area contributed by atoms with Crippen LogP contribution >= 0.6 is 0 Å². The Morgan fingerprint density at radius 3 is 2.44 bits per heavy atom. The van der Waals surface area contributed by atoms with Crippen LogP contribution in [-0.4, -0.2) is 55.5 Å². The molecule has 13 heteroatoms. The summed E-state index contributed by atoms with van der Waals surface area (Å²) in [7, 11) is 1.46. The number of carboxylic acid groups (broad SMARTS) is 1. The molecule has 0 aromatic carbocycles. The molecule has 2 amide bonds. The third kappa shape index (κ3) is 5.29. The van der Waals surface area contributed by atoms with Crippen molar-refractivity contribution >= 4 is 17.8 Å². The van der Waals surface area contributed by atoms with Crippen molar-refractivity contribution in [3.05, 3.63) is 35.4 Å². The summed E-state index contributed by atoms with van der Waals surface area (Å²) < 4.78 is 39.3. The molecule has 2 heterocycles. The number of amides is 2. The van der Waals surface area contributed by atoms with Crippen LogP contribution in [0.1, 0.15) is 26.5 Å². The second kappa shape index (κ2) is 7.88. The van der Waals surface area contributed by atoms with Gasteiger partial charge >= 0.3 is 12.1 Å². The van der Waals surface area contributed by atoms with Crippen molar-refractivity contribution in [3.8, 4) is 0 Å². The molecule has 0 radical (unpaired) electrons. The maximum Gasteiger partial charge on any atom is 0.435 e. The second-order valence-corrected chi connectivity index (χ2v) is 5.37. The molecule has 0 unspecified atom stereocenters. The number of nitrogens with zero attached hydrogens (tertiary/aromatic N) is 4. The van der Waals surface area contributed by atoms with Crippen LogP contribution in [0.25, 0.3) is 0 Å². The number of aryl methyl sites for hydroxylation is 1. The van der Waals surface area contributed by atoms with E-state index in [1.807, 2.05) is 0 Å². The molecule has 146 valence electrons. The number of carbonyl (C=O) groups is 3. The van der Waals surface area contributed by atoms with Gasteiger partial charge < -0.3 is 15.7 Å². The fourth-order valence-corrected chi connectivity index (χ4v) is 2.09. The van der Waals surface area contributed by atoms with Gasteiger partial charge in [0, 0.05) is 32.5 Å². The highest BCUT2D eigenvalue weighted by Gasteiger charge is 2.33. The molecular weight excluding hydrogens is 373 g/mol. The summed E-state index contributed by atoms with van der Waals surface area (Å²) in [5.41, 5.74) is -1.64. The number of halogens is 3. The minimum absolute atomic E-state index is 0.0133. The largest absolute Gasteiger partial charge is 0.476 e. The summed E-state index contributed by atoms with van der Waals surface area (Å²) >= 11 is 0. The standard InChI is InChI=1S/C14H15F3N6O4/c1-22-6-8(11(21-22)13(26)27)12(25)19-4-3-18-10(24)7-23-5-2-9(20-23)14(15,16)17/h2,5-6H,3-4,7H2,1H3,(H,18,24)(H,19,25)(H,26,27). The molecule has 0 bridgehead atoms. The van der Waals surface area contributed by atoms with Gasteiger partial charge in [0.15, 0.2) is 11.4 Å². The molecule has 2 rings (SSSR count). The first-order valence-electron chi connectivity index (χ1n) is 7.50. The van der Waals surface area contributed by atoms with Gasteiger partial charge in [-0.05, 0) is 6.07 Å². The normalized spacial score (nSPS) is 11.3. The van der Waals surface area contributed by atoms with Crippen LogP contribution < -0.4 is 10.6 Å². The highest BCUT2D eigenvalue weighted by molar-refractivity contribution is 6.03. The van der Waals surface area contributed by atoms with Crippen LogP contribution in [0.3, 0.4) is 0 Å². The molecule has 0 saturated heterocycles. The molecule has 2 aromatic rings. The lowest BCUT2D eigenvalue weighted by molar-refractivity contribution is -0.141. The predicted molar refractivity (Wildman–Crippen MR) is 82.7 cm³/mol. The zero-order chi connectivity index (χ0) is 20.2. The average molecular weight is 388 g/mol. The van der Waals surface area contributed by atoms with E-state index in [0.717, 1.165) is 16.9 Å². The van der Waals surface area contributed by atoms with Gasteiger partial charge in [-0.25, -0.2) is 4.79 Å². The number of alkyl halides is 3. The lowest BCUT2D eigenvalue weighted by Crippen LogP contribution is -2.36. The van der Waals surface area contributed by atoms with Gasteiger partial charge in [-0.15, -0.1) is 0 Å². The number of nitrogens with one attached hydrogen (secondary N) is 2. The summed E-state index contributed by atoms with van der Waals surface area (Å²) in [6, 6.07) is 0.751. The van der Waals surface area contributed by atoms with Crippen molar-refractivity contribution < 1.29 is 32.7 Å². The fourth-order valence-electron chi connectivity index (χ4n) is 2.09. The zero-order valence-electron chi connectivity index (χ0n) is 13.9. The molecule has 0 aliphatic rings. The molecule has 10 nitrogen and oxygen atoms in total. The molecule has 3 N–H and O–H groups in total. The third-order valence-electron chi connectivity index (χ3n) is 3.25. The molecule has 27 heavy (non-hydrogen) atoms. The second-order valence-electron chi connectivity index (χ2n) is 5.37. The number of carboxylic acids is 1. The van der Waals surface area contributed by atoms with E-state index >= 15 is 0 Å². The summed E-state index contributed by atoms with van der Waals surface area (Å²) in [6.45, 7) is -0.456. The number of aromatic carboxylic acids is 1. The maximum absolute atomic E-state index is 12.4. The number of hydrogen-bond acceptors (Lipinski definition) is 5. The van der Waals surface area contributed by atoms with Crippen molar-refractivity contribution in [1.82, 2.24) is 30.2 Å². The molecule has 2 aromatic heterocycles. The molecule has 0 atom stereocenters. The van der Waals surface area contributed by atoms with Crippen LogP contribution in [0.2, 0.25) is 0 Å². The van der Waals surface area contributed by atoms with Crippen molar-refractivity contribution in [2.24, 2.45) is 7.05 Å². The first-order chi connectivity index (χ1) is 12.6. The first kappa shape index (κ1) is 19.9. The van der Waals surface area contributed by atoms with Gasteiger partial charge in [0.2, 0.25) is 5.91 Å². The van der Waals surface area contributed by atoms with Crippen LogP contribution in [0.15, 0.2) is 18.5 Å². The van der Waals surface area contributed by atoms with Gasteiger partial charge in [-0.1, -0.05) is 0 Å². The first-order valence-corrected chi connectivity index (χ1v) is 7.50. The van der Waals surface area contributed by atoms with Gasteiger partial charge in [0.05, 0.1) is 5.56 Å². The average Bonchev–Trinajstić information content (AvgIpc) is 3.17. The maximum atomic E-state index is 12.4. The molecular formula is C14H15F3N6O4. The number of hydrogen-bond donors (Lipinski definition) is 3. The molecule has 0 saturated carbocycles. The van der Waals surface area contributed by atoms with E-state index in [1.54, 1.807) is 0 Å². The van der Waals surface area contributed by atoms with E-state index in [1.165, 1.54) is 17.9 Å². The number of aromatic nitrogens is 4. The molecule has 0 fully saturated rings. The third-order valence-corrected chi connectivity index (χ3v) is 3.25. The quantitative estimate of drug-likeness (QED) is 0.567. The van der Waals surface area contributed by atoms with Gasteiger partial charge in [-0.3, -0.25) is 19.0 Å². The molecule has 0 aliphatic heterocycles. The highest BCUT2D eigenvalue weighted by atomic mass is 19.4. The highest BCUT2D eigenvalue weighted by Crippen LogP contribution is 2.27. The van der Waals surface area contributed by atoms with Crippen molar-refractivity contribution in [2.75, 3.05) is 13.1 Å². The Hall–Kier alpha value is -3.38. The van der Waals surface area contributed by atoms with E-state index in [2.05, 4.69) is 20.8 Å². The van der Waals surface area contributed by atoms with E-state index in [0.29, 0.717) is 0 Å². The summed E-state index contributed by atoms with van der Waals surface area (Å²) in [5, 5.41) is 20.7. The Labute approximate surface area is 149 Å². The van der Waals surface area contributed by atoms with Gasteiger partial charge in [0.25, 0.3) is 5.91 Å². The molecule has 0 aliphatic carbocycles. The summed E-state index contributed by atoms with van der Waals surface area (Å²) in [6.07, 6.45) is -2.32. The van der Waals surface area contributed by atoms with E-state index in [-0.39, 0.29) is 18.7 Å². The van der Waals surface area contributed by atoms with Crippen LogP contribution in [0.4, 0.5) is 13.2 Å². The lowest BCUT2D eigenvalue weighted by Gasteiger charge is -2.07. The van der Waals surface area contributed by atoms with E-state index < -0.39 is 41.9 Å². The topological polar surface area (TPSA) is 131 Å². The smallest absolute Gasteiger partial charge is 0.435 e. The Balaban J connectivity index is 1.78. The molecule has 0 spiro atoms. The zero-order valence-corrected chi connectivity index (χ0v) is 13.9. The fraction of sp³-hybridized carbons (Fsp3) is 0.357. The summed E-state index contributed by atoms with van der Waals surface area (Å²) in [5.74, 6) is -2.64. The number of rotatable bonds is 7. The Bertz CT molecular complexity index is 857. The minimum Gasteiger partial charge on any atom is -0.476 e. The SMILES string of the molecule is Cn1cc(C(=O)NCCNC(=O)Cn2ccc(C(F)(F)F)n2)c(C(=O)O)n1. The minimum atomic E-state index is -4.59. The van der Waals surface area contributed by atoms with Gasteiger partial charge in [-0.2, -0.15) is 23.4 Å². The monoisotopic (exact) mass is 388 g/mol. The van der Waals surface area contributed by atoms with Crippen LogP contribution in [0.5, 0.6) is 0 Å². The van der Waals surface area contributed by atoms with Crippen LogP contribution in [0, 0.1) is 0 Å².